The predicted molar refractivity (Wildman–Crippen MR) is 76.4 cm³/mol. The largest absolute Gasteiger partial charge is 0.321 e. The highest BCUT2D eigenvalue weighted by molar-refractivity contribution is 14.1. The molecule has 2 rings (SSSR count). The summed E-state index contributed by atoms with van der Waals surface area (Å²) in [5.41, 5.74) is 0.787. The van der Waals surface area contributed by atoms with Crippen LogP contribution in [-0.2, 0) is 0 Å². The van der Waals surface area contributed by atoms with Crippen LogP contribution in [0.3, 0.4) is 0 Å². The molecule has 82 valence electrons. The van der Waals surface area contributed by atoms with E-state index in [1.54, 1.807) is 12.1 Å². The molecule has 0 aliphatic rings. The van der Waals surface area contributed by atoms with Gasteiger partial charge in [-0.25, -0.2) is 0 Å². The highest BCUT2D eigenvalue weighted by Gasteiger charge is 2.08. The standard InChI is InChI=1S/C11H7ClINOS/c12-10-6-5-9(16-10)11(15)14-8-3-1-7(13)2-4-8/h1-6H,(H,14,15). The Morgan fingerprint density at radius 2 is 1.88 bits per heavy atom. The number of hydrogen-bond acceptors (Lipinski definition) is 2. The molecule has 0 aliphatic heterocycles. The van der Waals surface area contributed by atoms with Gasteiger partial charge in [-0.15, -0.1) is 11.3 Å². The van der Waals surface area contributed by atoms with Gasteiger partial charge in [0, 0.05) is 9.26 Å². The van der Waals surface area contributed by atoms with E-state index in [4.69, 9.17) is 11.6 Å². The molecule has 1 amide bonds. The third-order valence-electron chi connectivity index (χ3n) is 1.90. The topological polar surface area (TPSA) is 29.1 Å². The van der Waals surface area contributed by atoms with Gasteiger partial charge < -0.3 is 5.32 Å². The molecule has 2 aromatic rings. The van der Waals surface area contributed by atoms with Gasteiger partial charge in [0.25, 0.3) is 5.91 Å². The van der Waals surface area contributed by atoms with Gasteiger partial charge in [-0.3, -0.25) is 4.79 Å². The summed E-state index contributed by atoms with van der Waals surface area (Å²) < 4.78 is 1.75. The molecule has 0 unspecified atom stereocenters. The van der Waals surface area contributed by atoms with Crippen molar-refractivity contribution in [3.63, 3.8) is 0 Å². The molecule has 0 atom stereocenters. The summed E-state index contributed by atoms with van der Waals surface area (Å²) in [7, 11) is 0. The Hall–Kier alpha value is -0.590. The second kappa shape index (κ2) is 5.16. The normalized spacial score (nSPS) is 10.1. The van der Waals surface area contributed by atoms with Gasteiger partial charge in [-0.2, -0.15) is 0 Å². The van der Waals surface area contributed by atoms with Crippen LogP contribution in [0.1, 0.15) is 9.67 Å². The second-order valence-electron chi connectivity index (χ2n) is 3.06. The van der Waals surface area contributed by atoms with Crippen LogP contribution in [0.25, 0.3) is 0 Å². The van der Waals surface area contributed by atoms with Crippen molar-refractivity contribution in [2.75, 3.05) is 5.32 Å². The molecule has 1 aromatic heterocycles. The number of halogens is 2. The van der Waals surface area contributed by atoms with Crippen LogP contribution in [0.5, 0.6) is 0 Å². The molecule has 0 fully saturated rings. The Balaban J connectivity index is 2.10. The maximum Gasteiger partial charge on any atom is 0.265 e. The van der Waals surface area contributed by atoms with E-state index in [0.717, 1.165) is 9.26 Å². The van der Waals surface area contributed by atoms with Crippen LogP contribution in [0, 0.1) is 3.57 Å². The Morgan fingerprint density at radius 1 is 1.19 bits per heavy atom. The first-order chi connectivity index (χ1) is 7.65. The first kappa shape index (κ1) is 11.9. The smallest absolute Gasteiger partial charge is 0.265 e. The molecular weight excluding hydrogens is 357 g/mol. The van der Waals surface area contributed by atoms with Gasteiger partial charge in [0.05, 0.1) is 9.21 Å². The van der Waals surface area contributed by atoms with Crippen LogP contribution in [0.4, 0.5) is 5.69 Å². The minimum absolute atomic E-state index is 0.127. The summed E-state index contributed by atoms with van der Waals surface area (Å²) in [6.45, 7) is 0. The lowest BCUT2D eigenvalue weighted by Crippen LogP contribution is -2.09. The number of carbonyl (C=O) groups is 1. The van der Waals surface area contributed by atoms with Crippen molar-refractivity contribution in [3.8, 4) is 0 Å². The molecular formula is C11H7ClINOS. The molecule has 0 saturated heterocycles. The number of benzene rings is 1. The van der Waals surface area contributed by atoms with Gasteiger partial charge >= 0.3 is 0 Å². The zero-order chi connectivity index (χ0) is 11.5. The minimum Gasteiger partial charge on any atom is -0.321 e. The van der Waals surface area contributed by atoms with Crippen LogP contribution in [-0.4, -0.2) is 5.91 Å². The number of nitrogens with one attached hydrogen (secondary N) is 1. The van der Waals surface area contributed by atoms with Gasteiger partial charge in [0.15, 0.2) is 0 Å². The Kier molecular flexibility index (Phi) is 3.83. The molecule has 0 radical (unpaired) electrons. The summed E-state index contributed by atoms with van der Waals surface area (Å²) >= 11 is 9.25. The van der Waals surface area contributed by atoms with Crippen molar-refractivity contribution in [3.05, 3.63) is 49.2 Å². The van der Waals surface area contributed by atoms with Gasteiger partial charge in [-0.1, -0.05) is 11.6 Å². The average molecular weight is 364 g/mol. The molecule has 0 bridgehead atoms. The van der Waals surface area contributed by atoms with Gasteiger partial charge in [0.2, 0.25) is 0 Å². The summed E-state index contributed by atoms with van der Waals surface area (Å²) in [6, 6.07) is 11.1. The first-order valence-corrected chi connectivity index (χ1v) is 6.75. The quantitative estimate of drug-likeness (QED) is 0.794. The zero-order valence-corrected chi connectivity index (χ0v) is 11.8. The predicted octanol–water partition coefficient (Wildman–Crippen LogP) is 4.26. The highest BCUT2D eigenvalue weighted by Crippen LogP contribution is 2.22. The van der Waals surface area contributed by atoms with Gasteiger partial charge in [0.1, 0.15) is 0 Å². The summed E-state index contributed by atoms with van der Waals surface area (Å²) in [5, 5.41) is 2.81. The summed E-state index contributed by atoms with van der Waals surface area (Å²) in [5.74, 6) is -0.127. The van der Waals surface area contributed by atoms with E-state index in [1.807, 2.05) is 24.3 Å². The van der Waals surface area contributed by atoms with E-state index in [2.05, 4.69) is 27.9 Å². The average Bonchev–Trinajstić information content (AvgIpc) is 2.68. The monoisotopic (exact) mass is 363 g/mol. The molecule has 16 heavy (non-hydrogen) atoms. The zero-order valence-electron chi connectivity index (χ0n) is 8.04. The van der Waals surface area contributed by atoms with Crippen LogP contribution in [0.15, 0.2) is 36.4 Å². The maximum absolute atomic E-state index is 11.8. The van der Waals surface area contributed by atoms with Crippen molar-refractivity contribution in [1.29, 1.82) is 0 Å². The van der Waals surface area contributed by atoms with E-state index in [1.165, 1.54) is 11.3 Å². The fourth-order valence-electron chi connectivity index (χ4n) is 1.16. The number of thiophene rings is 1. The lowest BCUT2D eigenvalue weighted by Gasteiger charge is -2.02. The molecule has 2 nitrogen and oxygen atoms in total. The third-order valence-corrected chi connectivity index (χ3v) is 3.85. The van der Waals surface area contributed by atoms with Crippen LogP contribution in [0.2, 0.25) is 4.34 Å². The molecule has 1 aromatic carbocycles. The van der Waals surface area contributed by atoms with E-state index in [9.17, 15) is 4.79 Å². The molecule has 0 aliphatic carbocycles. The number of amides is 1. The summed E-state index contributed by atoms with van der Waals surface area (Å²) in [6.07, 6.45) is 0. The number of anilines is 1. The molecule has 0 spiro atoms. The fraction of sp³-hybridized carbons (Fsp3) is 0. The first-order valence-electron chi connectivity index (χ1n) is 4.47. The van der Waals surface area contributed by atoms with E-state index in [0.29, 0.717) is 9.21 Å². The molecule has 1 N–H and O–H groups in total. The molecule has 0 saturated carbocycles. The molecule has 5 heteroatoms. The lowest BCUT2D eigenvalue weighted by atomic mass is 10.3. The number of rotatable bonds is 2. The fourth-order valence-corrected chi connectivity index (χ4v) is 2.46. The minimum atomic E-state index is -0.127. The van der Waals surface area contributed by atoms with Crippen LogP contribution >= 0.6 is 45.5 Å². The Morgan fingerprint density at radius 3 is 2.44 bits per heavy atom. The maximum atomic E-state index is 11.8. The van der Waals surface area contributed by atoms with E-state index in [-0.39, 0.29) is 5.91 Å². The SMILES string of the molecule is O=C(Nc1ccc(I)cc1)c1ccc(Cl)s1. The highest BCUT2D eigenvalue weighted by atomic mass is 127. The van der Waals surface area contributed by atoms with Crippen LogP contribution < -0.4 is 5.32 Å². The molecule has 1 heterocycles. The van der Waals surface area contributed by atoms with E-state index >= 15 is 0 Å². The van der Waals surface area contributed by atoms with Crippen molar-refractivity contribution in [2.45, 2.75) is 0 Å². The van der Waals surface area contributed by atoms with Crippen molar-refractivity contribution in [1.82, 2.24) is 0 Å². The van der Waals surface area contributed by atoms with Crippen molar-refractivity contribution in [2.24, 2.45) is 0 Å². The van der Waals surface area contributed by atoms with Gasteiger partial charge in [-0.05, 0) is 59.0 Å². The summed E-state index contributed by atoms with van der Waals surface area (Å²) in [4.78, 5) is 12.4. The number of carbonyl (C=O) groups excluding carboxylic acids is 1. The Bertz CT molecular complexity index is 509. The van der Waals surface area contributed by atoms with Crippen molar-refractivity contribution < 1.29 is 4.79 Å². The third kappa shape index (κ3) is 2.96. The second-order valence-corrected chi connectivity index (χ2v) is 6.03. The van der Waals surface area contributed by atoms with Crippen molar-refractivity contribution >= 4 is 57.1 Å². The van der Waals surface area contributed by atoms with E-state index < -0.39 is 0 Å². The Labute approximate surface area is 116 Å². The number of hydrogen-bond donors (Lipinski definition) is 1. The lowest BCUT2D eigenvalue weighted by molar-refractivity contribution is 0.103.